The van der Waals surface area contributed by atoms with E-state index in [1.165, 1.54) is 0 Å². The molecule has 5 heteroatoms. The van der Waals surface area contributed by atoms with E-state index in [1.54, 1.807) is 36.7 Å². The number of pyridine rings is 1. The van der Waals surface area contributed by atoms with Crippen LogP contribution in [0.2, 0.25) is 0 Å². The largest absolute Gasteiger partial charge is 0.399 e. The smallest absolute Gasteiger partial charge is 0.0574 e. The SMILES string of the molecule is Nc1ccc(S(=O)Cc2cncc(Br)c2)cc1. The molecule has 0 aliphatic rings. The molecule has 1 aromatic carbocycles. The van der Waals surface area contributed by atoms with Crippen molar-refractivity contribution in [1.82, 2.24) is 4.98 Å². The summed E-state index contributed by atoms with van der Waals surface area (Å²) in [4.78, 5) is 4.82. The average Bonchev–Trinajstić information content (AvgIpc) is 2.29. The third-order valence-corrected chi connectivity index (χ3v) is 4.03. The number of hydrogen-bond donors (Lipinski definition) is 1. The van der Waals surface area contributed by atoms with E-state index in [9.17, 15) is 4.21 Å². The molecule has 0 fully saturated rings. The number of anilines is 1. The van der Waals surface area contributed by atoms with Gasteiger partial charge in [-0.3, -0.25) is 9.19 Å². The second-order valence-electron chi connectivity index (χ2n) is 3.57. The van der Waals surface area contributed by atoms with Crippen LogP contribution in [0, 0.1) is 0 Å². The highest BCUT2D eigenvalue weighted by atomic mass is 79.9. The van der Waals surface area contributed by atoms with Gasteiger partial charge in [-0.2, -0.15) is 0 Å². The highest BCUT2D eigenvalue weighted by molar-refractivity contribution is 9.10. The summed E-state index contributed by atoms with van der Waals surface area (Å²) in [6.45, 7) is 0. The van der Waals surface area contributed by atoms with E-state index in [2.05, 4.69) is 20.9 Å². The van der Waals surface area contributed by atoms with E-state index in [4.69, 9.17) is 5.73 Å². The van der Waals surface area contributed by atoms with Gasteiger partial charge in [0, 0.05) is 27.4 Å². The third-order valence-electron chi connectivity index (χ3n) is 2.20. The Bertz CT molecular complexity index is 542. The highest BCUT2D eigenvalue weighted by Gasteiger charge is 2.05. The van der Waals surface area contributed by atoms with Crippen molar-refractivity contribution in [3.8, 4) is 0 Å². The van der Waals surface area contributed by atoms with E-state index >= 15 is 0 Å². The Morgan fingerprint density at radius 1 is 1.24 bits per heavy atom. The van der Waals surface area contributed by atoms with Crippen LogP contribution in [-0.4, -0.2) is 9.19 Å². The summed E-state index contributed by atoms with van der Waals surface area (Å²) < 4.78 is 13.0. The zero-order chi connectivity index (χ0) is 12.3. The monoisotopic (exact) mass is 310 g/mol. The van der Waals surface area contributed by atoms with Gasteiger partial charge in [-0.15, -0.1) is 0 Å². The lowest BCUT2D eigenvalue weighted by Crippen LogP contribution is -1.97. The van der Waals surface area contributed by atoms with E-state index in [0.29, 0.717) is 11.4 Å². The van der Waals surface area contributed by atoms with Crippen molar-refractivity contribution in [3.63, 3.8) is 0 Å². The molecule has 1 atom stereocenters. The van der Waals surface area contributed by atoms with Gasteiger partial charge in [0.05, 0.1) is 16.6 Å². The van der Waals surface area contributed by atoms with Crippen molar-refractivity contribution in [2.24, 2.45) is 0 Å². The Hall–Kier alpha value is -1.20. The Labute approximate surface area is 111 Å². The minimum Gasteiger partial charge on any atom is -0.399 e. The number of rotatable bonds is 3. The molecule has 1 heterocycles. The van der Waals surface area contributed by atoms with Gasteiger partial charge >= 0.3 is 0 Å². The molecule has 0 saturated heterocycles. The zero-order valence-corrected chi connectivity index (χ0v) is 11.4. The fourth-order valence-electron chi connectivity index (χ4n) is 1.39. The zero-order valence-electron chi connectivity index (χ0n) is 8.97. The lowest BCUT2D eigenvalue weighted by molar-refractivity contribution is 0.682. The van der Waals surface area contributed by atoms with E-state index in [0.717, 1.165) is 14.9 Å². The predicted octanol–water partition coefficient (Wildman–Crippen LogP) is 2.73. The fourth-order valence-corrected chi connectivity index (χ4v) is 2.87. The van der Waals surface area contributed by atoms with Crippen molar-refractivity contribution < 1.29 is 4.21 Å². The van der Waals surface area contributed by atoms with Crippen LogP contribution in [0.4, 0.5) is 5.69 Å². The topological polar surface area (TPSA) is 56.0 Å². The van der Waals surface area contributed by atoms with E-state index in [-0.39, 0.29) is 0 Å². The molecule has 2 aromatic rings. The van der Waals surface area contributed by atoms with Crippen LogP contribution in [0.15, 0.2) is 52.1 Å². The first-order valence-corrected chi connectivity index (χ1v) is 7.10. The Morgan fingerprint density at radius 2 is 1.94 bits per heavy atom. The normalized spacial score (nSPS) is 12.3. The molecule has 0 radical (unpaired) electrons. The molecule has 0 saturated carbocycles. The first-order chi connectivity index (χ1) is 8.15. The predicted molar refractivity (Wildman–Crippen MR) is 72.9 cm³/mol. The lowest BCUT2D eigenvalue weighted by atomic mass is 10.3. The van der Waals surface area contributed by atoms with Crippen LogP contribution in [0.25, 0.3) is 0 Å². The second kappa shape index (κ2) is 5.42. The molecule has 1 aromatic heterocycles. The van der Waals surface area contributed by atoms with Gasteiger partial charge in [-0.1, -0.05) is 0 Å². The Morgan fingerprint density at radius 3 is 2.59 bits per heavy atom. The van der Waals surface area contributed by atoms with E-state index in [1.807, 2.05) is 6.07 Å². The summed E-state index contributed by atoms with van der Waals surface area (Å²) in [5, 5.41) is 0. The number of hydrogen-bond acceptors (Lipinski definition) is 3. The van der Waals surface area contributed by atoms with Gasteiger partial charge in [0.25, 0.3) is 0 Å². The van der Waals surface area contributed by atoms with Crippen LogP contribution in [0.3, 0.4) is 0 Å². The maximum absolute atomic E-state index is 12.1. The number of nitrogens with two attached hydrogens (primary N) is 1. The van der Waals surface area contributed by atoms with Crippen LogP contribution in [0.5, 0.6) is 0 Å². The summed E-state index contributed by atoms with van der Waals surface area (Å²) in [6.07, 6.45) is 3.43. The van der Waals surface area contributed by atoms with Crippen molar-refractivity contribution in [1.29, 1.82) is 0 Å². The lowest BCUT2D eigenvalue weighted by Gasteiger charge is -2.03. The van der Waals surface area contributed by atoms with Gasteiger partial charge in [0.1, 0.15) is 0 Å². The Balaban J connectivity index is 2.14. The highest BCUT2D eigenvalue weighted by Crippen LogP contribution is 2.16. The first kappa shape index (κ1) is 12.3. The molecule has 0 amide bonds. The summed E-state index contributed by atoms with van der Waals surface area (Å²) in [5.41, 5.74) is 7.20. The average molecular weight is 311 g/mol. The molecule has 1 unspecified atom stereocenters. The molecule has 3 nitrogen and oxygen atoms in total. The molecule has 0 aliphatic heterocycles. The van der Waals surface area contributed by atoms with Crippen LogP contribution in [0.1, 0.15) is 5.56 Å². The summed E-state index contributed by atoms with van der Waals surface area (Å²) >= 11 is 3.34. The van der Waals surface area contributed by atoms with Gasteiger partial charge in [0.15, 0.2) is 0 Å². The molecule has 88 valence electrons. The molecule has 0 aliphatic carbocycles. The standard InChI is InChI=1S/C12H11BrN2OS/c13-10-5-9(6-15-7-10)8-17(16)12-3-1-11(14)2-4-12/h1-7H,8,14H2. The maximum atomic E-state index is 12.1. The van der Waals surface area contributed by atoms with Crippen molar-refractivity contribution >= 4 is 32.4 Å². The van der Waals surface area contributed by atoms with Crippen molar-refractivity contribution in [2.75, 3.05) is 5.73 Å². The number of nitrogen functional groups attached to an aromatic ring is 1. The first-order valence-electron chi connectivity index (χ1n) is 4.98. The molecule has 0 bridgehead atoms. The second-order valence-corrected chi connectivity index (χ2v) is 5.94. The molecular weight excluding hydrogens is 300 g/mol. The summed E-state index contributed by atoms with van der Waals surface area (Å²) in [7, 11) is -1.07. The van der Waals surface area contributed by atoms with Gasteiger partial charge in [-0.05, 0) is 51.8 Å². The quantitative estimate of drug-likeness (QED) is 0.887. The van der Waals surface area contributed by atoms with Gasteiger partial charge in [0.2, 0.25) is 0 Å². The number of benzene rings is 1. The van der Waals surface area contributed by atoms with Crippen molar-refractivity contribution in [2.45, 2.75) is 10.6 Å². The third kappa shape index (κ3) is 3.38. The molecular formula is C12H11BrN2OS. The van der Waals surface area contributed by atoms with Gasteiger partial charge < -0.3 is 5.73 Å². The van der Waals surface area contributed by atoms with Gasteiger partial charge in [-0.25, -0.2) is 0 Å². The number of nitrogens with zero attached hydrogens (tertiary/aromatic N) is 1. The van der Waals surface area contributed by atoms with Crippen LogP contribution in [-0.2, 0) is 16.6 Å². The minimum absolute atomic E-state index is 0.455. The van der Waals surface area contributed by atoms with Crippen LogP contribution >= 0.6 is 15.9 Å². The molecule has 2 rings (SSSR count). The van der Waals surface area contributed by atoms with Crippen molar-refractivity contribution in [3.05, 3.63) is 52.8 Å². The summed E-state index contributed by atoms with van der Waals surface area (Å²) in [5.74, 6) is 0.455. The number of halogens is 1. The van der Waals surface area contributed by atoms with Crippen LogP contribution < -0.4 is 5.73 Å². The Kier molecular flexibility index (Phi) is 3.91. The molecule has 2 N–H and O–H groups in total. The number of aromatic nitrogens is 1. The summed E-state index contributed by atoms with van der Waals surface area (Å²) in [6, 6.07) is 9.01. The van der Waals surface area contributed by atoms with E-state index < -0.39 is 10.8 Å². The molecule has 17 heavy (non-hydrogen) atoms. The molecule has 0 spiro atoms. The maximum Gasteiger partial charge on any atom is 0.0574 e. The fraction of sp³-hybridized carbons (Fsp3) is 0.0833. The minimum atomic E-state index is -1.07.